The van der Waals surface area contributed by atoms with Gasteiger partial charge < -0.3 is 10.1 Å². The number of hydrogen-bond acceptors (Lipinski definition) is 2. The maximum absolute atomic E-state index is 6.06. The number of ether oxygens (including phenoxy) is 1. The van der Waals surface area contributed by atoms with Crippen molar-refractivity contribution in [3.8, 4) is 5.75 Å². The molecule has 2 unspecified atom stereocenters. The molecule has 0 spiro atoms. The Labute approximate surface area is 118 Å². The van der Waals surface area contributed by atoms with Crippen molar-refractivity contribution in [2.75, 3.05) is 7.11 Å². The Kier molecular flexibility index (Phi) is 5.39. The van der Waals surface area contributed by atoms with E-state index in [4.69, 9.17) is 27.9 Å². The van der Waals surface area contributed by atoms with Crippen LogP contribution in [0.5, 0.6) is 5.75 Å². The van der Waals surface area contributed by atoms with Crippen LogP contribution < -0.4 is 10.1 Å². The number of nitrogens with one attached hydrogen (secondary N) is 1. The van der Waals surface area contributed by atoms with Crippen LogP contribution in [0.15, 0.2) is 12.1 Å². The van der Waals surface area contributed by atoms with Crippen LogP contribution in [0.4, 0.5) is 0 Å². The fourth-order valence-corrected chi connectivity index (χ4v) is 2.43. The van der Waals surface area contributed by atoms with Crippen molar-refractivity contribution in [1.29, 1.82) is 0 Å². The number of methoxy groups -OCH3 is 1. The molecule has 0 bridgehead atoms. The van der Waals surface area contributed by atoms with Gasteiger partial charge in [-0.05, 0) is 24.5 Å². The minimum Gasteiger partial charge on any atom is -0.495 e. The molecule has 96 valence electrons. The van der Waals surface area contributed by atoms with E-state index in [9.17, 15) is 0 Å². The van der Waals surface area contributed by atoms with Crippen molar-refractivity contribution in [2.24, 2.45) is 5.92 Å². The van der Waals surface area contributed by atoms with Crippen LogP contribution in [-0.2, 0) is 6.54 Å². The third-order valence-corrected chi connectivity index (χ3v) is 3.45. The van der Waals surface area contributed by atoms with Crippen molar-refractivity contribution in [2.45, 2.75) is 25.9 Å². The molecule has 0 saturated heterocycles. The Morgan fingerprint density at radius 3 is 2.59 bits per heavy atom. The predicted octanol–water partition coefficient (Wildman–Crippen LogP) is 3.92. The normalized spacial score (nSPS) is 21.9. The molecular formula is C12H16Cl3NO. The molecule has 0 heterocycles. The third-order valence-electron chi connectivity index (χ3n) is 2.95. The molecule has 1 aromatic carbocycles. The van der Waals surface area contributed by atoms with Gasteiger partial charge in [-0.3, -0.25) is 0 Å². The largest absolute Gasteiger partial charge is 0.495 e. The highest BCUT2D eigenvalue weighted by Crippen LogP contribution is 2.34. The SMILES string of the molecule is COc1c(Cl)cc(Cl)cc1CNC1CC1C.Cl. The monoisotopic (exact) mass is 295 g/mol. The highest BCUT2D eigenvalue weighted by Gasteiger charge is 2.31. The van der Waals surface area contributed by atoms with Gasteiger partial charge in [-0.25, -0.2) is 0 Å². The van der Waals surface area contributed by atoms with E-state index < -0.39 is 0 Å². The first-order valence-corrected chi connectivity index (χ1v) is 6.12. The van der Waals surface area contributed by atoms with Gasteiger partial charge in [-0.1, -0.05) is 30.1 Å². The molecule has 1 aromatic rings. The third kappa shape index (κ3) is 3.65. The van der Waals surface area contributed by atoms with Crippen molar-refractivity contribution < 1.29 is 4.74 Å². The lowest BCUT2D eigenvalue weighted by Gasteiger charge is -2.11. The van der Waals surface area contributed by atoms with Crippen molar-refractivity contribution in [1.82, 2.24) is 5.32 Å². The van der Waals surface area contributed by atoms with Gasteiger partial charge in [0.1, 0.15) is 5.75 Å². The zero-order valence-corrected chi connectivity index (χ0v) is 12.1. The van der Waals surface area contributed by atoms with Crippen molar-refractivity contribution in [3.05, 3.63) is 27.7 Å². The molecule has 1 fully saturated rings. The average molecular weight is 297 g/mol. The quantitative estimate of drug-likeness (QED) is 0.909. The summed E-state index contributed by atoms with van der Waals surface area (Å²) >= 11 is 12.0. The molecule has 0 radical (unpaired) electrons. The van der Waals surface area contributed by atoms with Crippen LogP contribution in [0.2, 0.25) is 10.0 Å². The van der Waals surface area contributed by atoms with E-state index in [1.807, 2.05) is 6.07 Å². The van der Waals surface area contributed by atoms with E-state index in [1.165, 1.54) is 6.42 Å². The summed E-state index contributed by atoms with van der Waals surface area (Å²) in [4.78, 5) is 0. The maximum atomic E-state index is 6.06. The fourth-order valence-electron chi connectivity index (χ4n) is 1.82. The number of rotatable bonds is 4. The molecule has 2 rings (SSSR count). The van der Waals surface area contributed by atoms with E-state index in [2.05, 4.69) is 12.2 Å². The molecule has 1 aliphatic carbocycles. The van der Waals surface area contributed by atoms with E-state index in [1.54, 1.807) is 13.2 Å². The fraction of sp³-hybridized carbons (Fsp3) is 0.500. The second-order valence-corrected chi connectivity index (χ2v) is 5.12. The zero-order valence-electron chi connectivity index (χ0n) is 9.80. The summed E-state index contributed by atoms with van der Waals surface area (Å²) in [5.74, 6) is 1.49. The Balaban J connectivity index is 0.00000144. The second kappa shape index (κ2) is 6.14. The minimum atomic E-state index is 0. The van der Waals surface area contributed by atoms with Gasteiger partial charge in [-0.15, -0.1) is 12.4 Å². The minimum absolute atomic E-state index is 0. The van der Waals surface area contributed by atoms with Gasteiger partial charge in [0.05, 0.1) is 12.1 Å². The van der Waals surface area contributed by atoms with Crippen LogP contribution in [0.25, 0.3) is 0 Å². The van der Waals surface area contributed by atoms with E-state index in [-0.39, 0.29) is 12.4 Å². The first kappa shape index (κ1) is 14.9. The summed E-state index contributed by atoms with van der Waals surface area (Å²) < 4.78 is 5.28. The molecule has 17 heavy (non-hydrogen) atoms. The molecule has 1 aliphatic rings. The zero-order chi connectivity index (χ0) is 11.7. The summed E-state index contributed by atoms with van der Waals surface area (Å²) in [6.07, 6.45) is 1.25. The predicted molar refractivity (Wildman–Crippen MR) is 74.7 cm³/mol. The Bertz CT molecular complexity index is 398. The van der Waals surface area contributed by atoms with E-state index in [0.717, 1.165) is 18.0 Å². The van der Waals surface area contributed by atoms with Gasteiger partial charge in [0, 0.05) is 23.2 Å². The highest BCUT2D eigenvalue weighted by molar-refractivity contribution is 6.35. The Morgan fingerprint density at radius 2 is 2.06 bits per heavy atom. The van der Waals surface area contributed by atoms with Crippen LogP contribution in [0, 0.1) is 5.92 Å². The second-order valence-electron chi connectivity index (χ2n) is 4.28. The lowest BCUT2D eigenvalue weighted by Crippen LogP contribution is -2.17. The van der Waals surface area contributed by atoms with Crippen LogP contribution in [-0.4, -0.2) is 13.2 Å². The molecule has 0 aliphatic heterocycles. The number of benzene rings is 1. The molecule has 0 amide bonds. The highest BCUT2D eigenvalue weighted by atomic mass is 35.5. The smallest absolute Gasteiger partial charge is 0.142 e. The molecular weight excluding hydrogens is 280 g/mol. The molecule has 2 atom stereocenters. The van der Waals surface area contributed by atoms with Gasteiger partial charge in [0.2, 0.25) is 0 Å². The molecule has 5 heteroatoms. The molecule has 2 nitrogen and oxygen atoms in total. The average Bonchev–Trinajstić information content (AvgIpc) is 2.91. The topological polar surface area (TPSA) is 21.3 Å². The van der Waals surface area contributed by atoms with Gasteiger partial charge in [0.15, 0.2) is 0 Å². The summed E-state index contributed by atoms with van der Waals surface area (Å²) in [6.45, 7) is 2.98. The Hall–Kier alpha value is -0.150. The van der Waals surface area contributed by atoms with Gasteiger partial charge >= 0.3 is 0 Å². The van der Waals surface area contributed by atoms with Crippen LogP contribution in [0.1, 0.15) is 18.9 Å². The standard InChI is InChI=1S/C12H15Cl2NO.ClH/c1-7-3-11(7)15-6-8-4-9(13)5-10(14)12(8)16-2;/h4-5,7,11,15H,3,6H2,1-2H3;1H. The van der Waals surface area contributed by atoms with Crippen LogP contribution >= 0.6 is 35.6 Å². The molecule has 1 saturated carbocycles. The lowest BCUT2D eigenvalue weighted by atomic mass is 10.2. The van der Waals surface area contributed by atoms with Gasteiger partial charge in [0.25, 0.3) is 0 Å². The lowest BCUT2D eigenvalue weighted by molar-refractivity contribution is 0.407. The van der Waals surface area contributed by atoms with Crippen molar-refractivity contribution in [3.63, 3.8) is 0 Å². The number of hydrogen-bond donors (Lipinski definition) is 1. The van der Waals surface area contributed by atoms with Gasteiger partial charge in [-0.2, -0.15) is 0 Å². The first-order chi connectivity index (χ1) is 7.61. The number of halogens is 3. The van der Waals surface area contributed by atoms with E-state index in [0.29, 0.717) is 21.8 Å². The Morgan fingerprint density at radius 1 is 1.41 bits per heavy atom. The van der Waals surface area contributed by atoms with Crippen LogP contribution in [0.3, 0.4) is 0 Å². The van der Waals surface area contributed by atoms with E-state index >= 15 is 0 Å². The summed E-state index contributed by atoms with van der Waals surface area (Å²) in [5, 5.41) is 4.66. The molecule has 0 aromatic heterocycles. The summed E-state index contributed by atoms with van der Waals surface area (Å²) in [7, 11) is 1.62. The first-order valence-electron chi connectivity index (χ1n) is 5.37. The maximum Gasteiger partial charge on any atom is 0.142 e. The van der Waals surface area contributed by atoms with Crippen molar-refractivity contribution >= 4 is 35.6 Å². The summed E-state index contributed by atoms with van der Waals surface area (Å²) in [6, 6.07) is 4.22. The summed E-state index contributed by atoms with van der Waals surface area (Å²) in [5.41, 5.74) is 1.01. The molecule has 1 N–H and O–H groups in total.